The van der Waals surface area contributed by atoms with Gasteiger partial charge in [-0.15, -0.1) is 0 Å². The molecule has 0 bridgehead atoms. The van der Waals surface area contributed by atoms with Crippen LogP contribution in [-0.4, -0.2) is 48.6 Å². The van der Waals surface area contributed by atoms with Crippen LogP contribution in [0.3, 0.4) is 0 Å². The standard InChI is InChI=1S/C25H31N3O2S/c1-3-5-6-17-30-21-11-7-10-20(18-21)24(29)27-13-15-28(16-14-27)25-26-23-19(4-2)9-8-12-22(23)31-25/h7-12,18H,3-6,13-17H2,1-2H3. The first-order valence-electron chi connectivity index (χ1n) is 11.3. The Morgan fingerprint density at radius 1 is 1.06 bits per heavy atom. The molecule has 31 heavy (non-hydrogen) atoms. The number of anilines is 1. The van der Waals surface area contributed by atoms with Crippen molar-refractivity contribution < 1.29 is 9.53 Å². The van der Waals surface area contributed by atoms with Crippen LogP contribution in [-0.2, 0) is 6.42 Å². The fourth-order valence-corrected chi connectivity index (χ4v) is 5.02. The molecule has 4 rings (SSSR count). The second-order valence-corrected chi connectivity index (χ2v) is 8.99. The van der Waals surface area contributed by atoms with Crippen LogP contribution in [0.15, 0.2) is 42.5 Å². The molecule has 0 unspecified atom stereocenters. The fourth-order valence-electron chi connectivity index (χ4n) is 3.96. The van der Waals surface area contributed by atoms with E-state index in [0.717, 1.165) is 48.7 Å². The Hall–Kier alpha value is -2.60. The SMILES string of the molecule is CCCCCOc1cccc(C(=O)N2CCN(c3nc4c(CC)cccc4s3)CC2)c1. The number of carbonyl (C=O) groups is 1. The Labute approximate surface area is 188 Å². The van der Waals surface area contributed by atoms with Gasteiger partial charge in [0.2, 0.25) is 0 Å². The Morgan fingerprint density at radius 3 is 2.65 bits per heavy atom. The third-order valence-corrected chi connectivity index (χ3v) is 6.89. The van der Waals surface area contributed by atoms with Gasteiger partial charge in [0.15, 0.2) is 5.13 Å². The zero-order chi connectivity index (χ0) is 21.6. The molecule has 1 aliphatic rings. The lowest BCUT2D eigenvalue weighted by molar-refractivity contribution is 0.0746. The number of unbranched alkanes of at least 4 members (excludes halogenated alkanes) is 2. The van der Waals surface area contributed by atoms with E-state index in [9.17, 15) is 4.79 Å². The number of para-hydroxylation sites is 1. The van der Waals surface area contributed by atoms with Gasteiger partial charge in [0.1, 0.15) is 5.75 Å². The maximum Gasteiger partial charge on any atom is 0.254 e. The number of amides is 1. The molecule has 3 aromatic rings. The molecular formula is C25H31N3O2S. The molecule has 1 amide bonds. The van der Waals surface area contributed by atoms with Gasteiger partial charge in [-0.1, -0.05) is 56.2 Å². The summed E-state index contributed by atoms with van der Waals surface area (Å²) in [7, 11) is 0. The molecule has 1 aromatic heterocycles. The molecule has 0 N–H and O–H groups in total. The summed E-state index contributed by atoms with van der Waals surface area (Å²) in [6, 6.07) is 14.0. The number of hydrogen-bond donors (Lipinski definition) is 0. The van der Waals surface area contributed by atoms with Crippen LogP contribution in [0.2, 0.25) is 0 Å². The second-order valence-electron chi connectivity index (χ2n) is 7.98. The summed E-state index contributed by atoms with van der Waals surface area (Å²) in [5, 5.41) is 1.06. The highest BCUT2D eigenvalue weighted by Gasteiger charge is 2.24. The van der Waals surface area contributed by atoms with Crippen molar-refractivity contribution in [2.45, 2.75) is 39.5 Å². The Balaban J connectivity index is 1.37. The van der Waals surface area contributed by atoms with E-state index in [-0.39, 0.29) is 5.91 Å². The van der Waals surface area contributed by atoms with Crippen LogP contribution in [0.5, 0.6) is 5.75 Å². The summed E-state index contributed by atoms with van der Waals surface area (Å²) in [4.78, 5) is 22.2. The van der Waals surface area contributed by atoms with Crippen molar-refractivity contribution in [3.8, 4) is 5.75 Å². The molecule has 0 atom stereocenters. The minimum absolute atomic E-state index is 0.0798. The highest BCUT2D eigenvalue weighted by molar-refractivity contribution is 7.22. The van der Waals surface area contributed by atoms with Gasteiger partial charge in [0, 0.05) is 31.7 Å². The summed E-state index contributed by atoms with van der Waals surface area (Å²) < 4.78 is 7.06. The van der Waals surface area contributed by atoms with Gasteiger partial charge in [-0.25, -0.2) is 4.98 Å². The maximum atomic E-state index is 13.0. The van der Waals surface area contributed by atoms with Crippen LogP contribution in [0.4, 0.5) is 5.13 Å². The maximum absolute atomic E-state index is 13.0. The summed E-state index contributed by atoms with van der Waals surface area (Å²) in [6.07, 6.45) is 4.37. The average molecular weight is 438 g/mol. The van der Waals surface area contributed by atoms with Crippen molar-refractivity contribution >= 4 is 32.6 Å². The summed E-state index contributed by atoms with van der Waals surface area (Å²) in [5.74, 6) is 0.859. The van der Waals surface area contributed by atoms with Crippen molar-refractivity contribution in [2.75, 3.05) is 37.7 Å². The van der Waals surface area contributed by atoms with Crippen LogP contribution < -0.4 is 9.64 Å². The molecular weight excluding hydrogens is 406 g/mol. The zero-order valence-corrected chi connectivity index (χ0v) is 19.3. The summed E-state index contributed by atoms with van der Waals surface area (Å²) in [6.45, 7) is 8.07. The highest BCUT2D eigenvalue weighted by atomic mass is 32.1. The molecule has 1 fully saturated rings. The second kappa shape index (κ2) is 10.1. The van der Waals surface area contributed by atoms with E-state index in [1.54, 1.807) is 11.3 Å². The van der Waals surface area contributed by atoms with E-state index >= 15 is 0 Å². The van der Waals surface area contributed by atoms with Gasteiger partial charge >= 0.3 is 0 Å². The number of aryl methyl sites for hydroxylation is 1. The van der Waals surface area contributed by atoms with Crippen LogP contribution in [0, 0.1) is 0 Å². The largest absolute Gasteiger partial charge is 0.494 e. The van der Waals surface area contributed by atoms with Crippen molar-refractivity contribution in [3.63, 3.8) is 0 Å². The van der Waals surface area contributed by atoms with Gasteiger partial charge in [0.25, 0.3) is 5.91 Å². The van der Waals surface area contributed by atoms with E-state index in [1.165, 1.54) is 16.7 Å². The summed E-state index contributed by atoms with van der Waals surface area (Å²) >= 11 is 1.75. The van der Waals surface area contributed by atoms with Crippen LogP contribution in [0.25, 0.3) is 10.2 Å². The third-order valence-electron chi connectivity index (χ3n) is 5.81. The van der Waals surface area contributed by atoms with Crippen molar-refractivity contribution in [2.24, 2.45) is 0 Å². The molecule has 5 nitrogen and oxygen atoms in total. The molecule has 6 heteroatoms. The van der Waals surface area contributed by atoms with Gasteiger partial charge in [-0.3, -0.25) is 4.79 Å². The van der Waals surface area contributed by atoms with Crippen molar-refractivity contribution in [3.05, 3.63) is 53.6 Å². The first kappa shape index (κ1) is 21.6. The van der Waals surface area contributed by atoms with E-state index in [4.69, 9.17) is 9.72 Å². The lowest BCUT2D eigenvalue weighted by atomic mass is 10.1. The van der Waals surface area contributed by atoms with E-state index in [0.29, 0.717) is 25.3 Å². The van der Waals surface area contributed by atoms with Crippen molar-refractivity contribution in [1.29, 1.82) is 0 Å². The minimum Gasteiger partial charge on any atom is -0.494 e. The Bertz CT molecular complexity index is 1020. The predicted molar refractivity (Wildman–Crippen MR) is 129 cm³/mol. The van der Waals surface area contributed by atoms with Crippen molar-refractivity contribution in [1.82, 2.24) is 9.88 Å². The normalized spacial score (nSPS) is 14.3. The Morgan fingerprint density at radius 2 is 1.87 bits per heavy atom. The molecule has 0 radical (unpaired) electrons. The molecule has 0 spiro atoms. The number of thiazole rings is 1. The number of ether oxygens (including phenoxy) is 1. The lowest BCUT2D eigenvalue weighted by Crippen LogP contribution is -2.48. The molecule has 2 heterocycles. The molecule has 0 saturated carbocycles. The van der Waals surface area contributed by atoms with E-state index in [1.807, 2.05) is 29.2 Å². The first-order chi connectivity index (χ1) is 15.2. The number of fused-ring (bicyclic) bond motifs is 1. The lowest BCUT2D eigenvalue weighted by Gasteiger charge is -2.34. The van der Waals surface area contributed by atoms with Gasteiger partial charge < -0.3 is 14.5 Å². The third kappa shape index (κ3) is 5.01. The van der Waals surface area contributed by atoms with Crippen LogP contribution >= 0.6 is 11.3 Å². The molecule has 0 aliphatic carbocycles. The number of rotatable bonds is 8. The summed E-state index contributed by atoms with van der Waals surface area (Å²) in [5.41, 5.74) is 3.12. The monoisotopic (exact) mass is 437 g/mol. The topological polar surface area (TPSA) is 45.7 Å². The average Bonchev–Trinajstić information content (AvgIpc) is 3.26. The first-order valence-corrected chi connectivity index (χ1v) is 12.2. The fraction of sp³-hybridized carbons (Fsp3) is 0.440. The number of hydrogen-bond acceptors (Lipinski definition) is 5. The number of benzene rings is 2. The molecule has 1 saturated heterocycles. The number of aromatic nitrogens is 1. The van der Waals surface area contributed by atoms with Gasteiger partial charge in [0.05, 0.1) is 16.8 Å². The minimum atomic E-state index is 0.0798. The van der Waals surface area contributed by atoms with Gasteiger partial charge in [-0.05, 0) is 42.7 Å². The Kier molecular flexibility index (Phi) is 7.07. The highest BCUT2D eigenvalue weighted by Crippen LogP contribution is 2.31. The van der Waals surface area contributed by atoms with E-state index < -0.39 is 0 Å². The molecule has 164 valence electrons. The van der Waals surface area contributed by atoms with Crippen LogP contribution in [0.1, 0.15) is 49.0 Å². The zero-order valence-electron chi connectivity index (χ0n) is 18.5. The number of nitrogens with zero attached hydrogens (tertiary/aromatic N) is 3. The quantitative estimate of drug-likeness (QED) is 0.443. The smallest absolute Gasteiger partial charge is 0.254 e. The predicted octanol–water partition coefficient (Wildman–Crippen LogP) is 5.39. The number of carbonyl (C=O) groups excluding carboxylic acids is 1. The number of piperazine rings is 1. The van der Waals surface area contributed by atoms with E-state index in [2.05, 4.69) is 36.9 Å². The van der Waals surface area contributed by atoms with Gasteiger partial charge in [-0.2, -0.15) is 0 Å². The molecule has 2 aromatic carbocycles. The molecule has 1 aliphatic heterocycles.